The molecule has 88 valence electrons. The fourth-order valence-corrected chi connectivity index (χ4v) is 1.39. The number of benzene rings is 1. The summed E-state index contributed by atoms with van der Waals surface area (Å²) in [4.78, 5) is 11.0. The zero-order valence-electron chi connectivity index (χ0n) is 8.97. The second-order valence-corrected chi connectivity index (χ2v) is 3.52. The number of carboxylic acids is 1. The Kier molecular flexibility index (Phi) is 4.28. The van der Waals surface area contributed by atoms with Crippen molar-refractivity contribution < 1.29 is 20.1 Å². The Morgan fingerprint density at radius 1 is 1.50 bits per heavy atom. The molecule has 16 heavy (non-hydrogen) atoms. The molecule has 0 aliphatic heterocycles. The molecule has 0 saturated heterocycles. The Balaban J connectivity index is 2.87. The third-order valence-corrected chi connectivity index (χ3v) is 2.23. The standard InChI is InChI=1S/C11H15NO4/c1-7-3-2-4-9(10(7)11(15)16)12-5-8(14)6-13/h2-4,8,12-14H,5-6H2,1H3,(H,15,16). The van der Waals surface area contributed by atoms with Gasteiger partial charge in [0, 0.05) is 12.2 Å². The van der Waals surface area contributed by atoms with Gasteiger partial charge in [0.25, 0.3) is 0 Å². The number of aliphatic hydroxyl groups excluding tert-OH is 2. The van der Waals surface area contributed by atoms with Crippen molar-refractivity contribution in [2.75, 3.05) is 18.5 Å². The van der Waals surface area contributed by atoms with Crippen LogP contribution >= 0.6 is 0 Å². The highest BCUT2D eigenvalue weighted by Gasteiger charge is 2.13. The highest BCUT2D eigenvalue weighted by Crippen LogP contribution is 2.19. The van der Waals surface area contributed by atoms with Gasteiger partial charge in [0.2, 0.25) is 0 Å². The Labute approximate surface area is 93.4 Å². The van der Waals surface area contributed by atoms with Crippen LogP contribution in [0.2, 0.25) is 0 Å². The fourth-order valence-electron chi connectivity index (χ4n) is 1.39. The molecule has 0 aliphatic rings. The van der Waals surface area contributed by atoms with Crippen LogP contribution in [0.3, 0.4) is 0 Å². The summed E-state index contributed by atoms with van der Waals surface area (Å²) in [5, 5.41) is 29.6. The van der Waals surface area contributed by atoms with Crippen molar-refractivity contribution in [3.8, 4) is 0 Å². The first-order valence-corrected chi connectivity index (χ1v) is 4.92. The minimum atomic E-state index is -1.01. The molecule has 0 amide bonds. The van der Waals surface area contributed by atoms with Crippen LogP contribution in [0.5, 0.6) is 0 Å². The molecule has 5 heteroatoms. The lowest BCUT2D eigenvalue weighted by atomic mass is 10.1. The third-order valence-electron chi connectivity index (χ3n) is 2.23. The van der Waals surface area contributed by atoms with Crippen molar-refractivity contribution in [3.63, 3.8) is 0 Å². The number of carboxylic acid groups (broad SMARTS) is 1. The van der Waals surface area contributed by atoms with E-state index in [4.69, 9.17) is 15.3 Å². The molecule has 1 atom stereocenters. The summed E-state index contributed by atoms with van der Waals surface area (Å²) >= 11 is 0. The van der Waals surface area contributed by atoms with Crippen molar-refractivity contribution in [2.45, 2.75) is 13.0 Å². The molecule has 0 aliphatic carbocycles. The summed E-state index contributed by atoms with van der Waals surface area (Å²) in [6.45, 7) is 1.46. The monoisotopic (exact) mass is 225 g/mol. The fraction of sp³-hybridized carbons (Fsp3) is 0.364. The predicted octanol–water partition coefficient (Wildman–Crippen LogP) is 0.458. The molecule has 0 aromatic heterocycles. The molecule has 0 saturated carbocycles. The zero-order chi connectivity index (χ0) is 12.1. The van der Waals surface area contributed by atoms with E-state index in [0.717, 1.165) is 0 Å². The molecule has 4 N–H and O–H groups in total. The summed E-state index contributed by atoms with van der Waals surface area (Å²) in [6, 6.07) is 5.06. The second kappa shape index (κ2) is 5.48. The summed E-state index contributed by atoms with van der Waals surface area (Å²) in [5.74, 6) is -1.01. The van der Waals surface area contributed by atoms with Gasteiger partial charge in [-0.15, -0.1) is 0 Å². The number of aliphatic hydroxyl groups is 2. The number of hydrogen-bond acceptors (Lipinski definition) is 4. The van der Waals surface area contributed by atoms with Crippen molar-refractivity contribution in [2.24, 2.45) is 0 Å². The number of hydrogen-bond donors (Lipinski definition) is 4. The molecular weight excluding hydrogens is 210 g/mol. The normalized spacial score (nSPS) is 12.2. The number of aromatic carboxylic acids is 1. The van der Waals surface area contributed by atoms with Crippen LogP contribution in [-0.4, -0.2) is 40.5 Å². The zero-order valence-corrected chi connectivity index (χ0v) is 8.97. The number of aryl methyl sites for hydroxylation is 1. The van der Waals surface area contributed by atoms with E-state index in [1.54, 1.807) is 25.1 Å². The molecule has 0 fully saturated rings. The van der Waals surface area contributed by atoms with E-state index in [1.165, 1.54) is 0 Å². The molecule has 5 nitrogen and oxygen atoms in total. The largest absolute Gasteiger partial charge is 0.478 e. The van der Waals surface area contributed by atoms with E-state index in [1.807, 2.05) is 0 Å². The minimum absolute atomic E-state index is 0.111. The van der Waals surface area contributed by atoms with Gasteiger partial charge in [0.15, 0.2) is 0 Å². The molecule has 1 aromatic carbocycles. The molecule has 1 aromatic rings. The maximum absolute atomic E-state index is 11.0. The van der Waals surface area contributed by atoms with E-state index in [0.29, 0.717) is 11.3 Å². The molecule has 1 rings (SSSR count). The summed E-state index contributed by atoms with van der Waals surface area (Å²) in [7, 11) is 0. The van der Waals surface area contributed by atoms with Crippen LogP contribution in [0.4, 0.5) is 5.69 Å². The Morgan fingerprint density at radius 2 is 2.19 bits per heavy atom. The maximum Gasteiger partial charge on any atom is 0.338 e. The van der Waals surface area contributed by atoms with E-state index >= 15 is 0 Å². The van der Waals surface area contributed by atoms with Crippen LogP contribution < -0.4 is 5.32 Å². The first-order chi connectivity index (χ1) is 7.56. The highest BCUT2D eigenvalue weighted by atomic mass is 16.4. The number of anilines is 1. The van der Waals surface area contributed by atoms with Gasteiger partial charge in [0.05, 0.1) is 18.3 Å². The van der Waals surface area contributed by atoms with Crippen LogP contribution in [0.25, 0.3) is 0 Å². The topological polar surface area (TPSA) is 89.8 Å². The van der Waals surface area contributed by atoms with Gasteiger partial charge in [-0.1, -0.05) is 12.1 Å². The molecule has 0 bridgehead atoms. The lowest BCUT2D eigenvalue weighted by Gasteiger charge is -2.13. The summed E-state index contributed by atoms with van der Waals surface area (Å²) in [6.07, 6.45) is -0.901. The summed E-state index contributed by atoms with van der Waals surface area (Å²) < 4.78 is 0. The van der Waals surface area contributed by atoms with Gasteiger partial charge in [-0.2, -0.15) is 0 Å². The quantitative estimate of drug-likeness (QED) is 0.584. The smallest absolute Gasteiger partial charge is 0.338 e. The van der Waals surface area contributed by atoms with E-state index < -0.39 is 12.1 Å². The van der Waals surface area contributed by atoms with Gasteiger partial charge in [0.1, 0.15) is 0 Å². The van der Waals surface area contributed by atoms with E-state index in [-0.39, 0.29) is 18.7 Å². The van der Waals surface area contributed by atoms with Crippen LogP contribution in [0.1, 0.15) is 15.9 Å². The number of carbonyl (C=O) groups is 1. The lowest BCUT2D eigenvalue weighted by Crippen LogP contribution is -2.24. The Hall–Kier alpha value is -1.59. The lowest BCUT2D eigenvalue weighted by molar-refractivity contribution is 0.0696. The Bertz CT molecular complexity index is 378. The van der Waals surface area contributed by atoms with Gasteiger partial charge in [-0.05, 0) is 18.6 Å². The molecule has 0 radical (unpaired) electrons. The number of rotatable bonds is 5. The van der Waals surface area contributed by atoms with Crippen LogP contribution in [0, 0.1) is 6.92 Å². The van der Waals surface area contributed by atoms with Crippen molar-refractivity contribution in [3.05, 3.63) is 29.3 Å². The third kappa shape index (κ3) is 2.95. The first kappa shape index (κ1) is 12.5. The highest BCUT2D eigenvalue weighted by molar-refractivity contribution is 5.95. The summed E-state index contributed by atoms with van der Waals surface area (Å²) in [5.41, 5.74) is 1.28. The molecule has 1 unspecified atom stereocenters. The SMILES string of the molecule is Cc1cccc(NCC(O)CO)c1C(=O)O. The maximum atomic E-state index is 11.0. The molecular formula is C11H15NO4. The van der Waals surface area contributed by atoms with Crippen molar-refractivity contribution >= 4 is 11.7 Å². The average Bonchev–Trinajstić information content (AvgIpc) is 2.25. The number of nitrogens with one attached hydrogen (secondary N) is 1. The van der Waals surface area contributed by atoms with E-state index in [2.05, 4.69) is 5.32 Å². The van der Waals surface area contributed by atoms with Gasteiger partial charge < -0.3 is 20.6 Å². The van der Waals surface area contributed by atoms with Gasteiger partial charge >= 0.3 is 5.97 Å². The van der Waals surface area contributed by atoms with Crippen LogP contribution in [0.15, 0.2) is 18.2 Å². The minimum Gasteiger partial charge on any atom is -0.478 e. The van der Waals surface area contributed by atoms with E-state index in [9.17, 15) is 4.79 Å². The first-order valence-electron chi connectivity index (χ1n) is 4.92. The van der Waals surface area contributed by atoms with Crippen molar-refractivity contribution in [1.82, 2.24) is 0 Å². The molecule has 0 heterocycles. The predicted molar refractivity (Wildman–Crippen MR) is 59.7 cm³/mol. The average molecular weight is 225 g/mol. The Morgan fingerprint density at radius 3 is 2.75 bits per heavy atom. The molecule has 0 spiro atoms. The van der Waals surface area contributed by atoms with Gasteiger partial charge in [-0.25, -0.2) is 4.79 Å². The van der Waals surface area contributed by atoms with Crippen LogP contribution in [-0.2, 0) is 0 Å². The van der Waals surface area contributed by atoms with Gasteiger partial charge in [-0.3, -0.25) is 0 Å². The second-order valence-electron chi connectivity index (χ2n) is 3.52. The van der Waals surface area contributed by atoms with Crippen molar-refractivity contribution in [1.29, 1.82) is 0 Å².